The van der Waals surface area contributed by atoms with Crippen molar-refractivity contribution >= 4 is 33.1 Å². The zero-order valence-corrected chi connectivity index (χ0v) is 14.3. The zero-order chi connectivity index (χ0) is 16.7. The van der Waals surface area contributed by atoms with Crippen LogP contribution in [0.2, 0.25) is 0 Å². The number of thiazole rings is 1. The molecule has 0 saturated carbocycles. The number of primary amides is 1. The van der Waals surface area contributed by atoms with Gasteiger partial charge in [-0.2, -0.15) is 0 Å². The summed E-state index contributed by atoms with van der Waals surface area (Å²) in [4.78, 5) is 18.9. The molecule has 2 N–H and O–H groups in total. The van der Waals surface area contributed by atoms with E-state index in [0.29, 0.717) is 0 Å². The quantitative estimate of drug-likeness (QED) is 0.793. The van der Waals surface area contributed by atoms with Crippen LogP contribution in [0, 0.1) is 0 Å². The molecule has 4 rings (SSSR count). The minimum absolute atomic E-state index is 0.206. The molecule has 5 heteroatoms. The van der Waals surface area contributed by atoms with Crippen LogP contribution >= 0.6 is 11.3 Å². The lowest BCUT2D eigenvalue weighted by atomic mass is 9.85. The van der Waals surface area contributed by atoms with E-state index in [1.165, 1.54) is 4.70 Å². The summed E-state index contributed by atoms with van der Waals surface area (Å²) < 4.78 is 1.21. The predicted molar refractivity (Wildman–Crippen MR) is 98.3 cm³/mol. The molecule has 0 unspecified atom stereocenters. The number of anilines is 1. The molecule has 1 amide bonds. The number of nitrogens with zero attached hydrogens (tertiary/aromatic N) is 2. The molecule has 24 heavy (non-hydrogen) atoms. The van der Waals surface area contributed by atoms with E-state index in [1.807, 2.05) is 36.4 Å². The van der Waals surface area contributed by atoms with E-state index in [2.05, 4.69) is 24.0 Å². The Morgan fingerprint density at radius 2 is 2.00 bits per heavy atom. The van der Waals surface area contributed by atoms with Gasteiger partial charge >= 0.3 is 0 Å². The van der Waals surface area contributed by atoms with Crippen molar-refractivity contribution in [1.82, 2.24) is 4.98 Å². The number of hydrogen-bond acceptors (Lipinski definition) is 4. The second kappa shape index (κ2) is 5.91. The maximum absolute atomic E-state index is 11.8. The van der Waals surface area contributed by atoms with Crippen molar-refractivity contribution in [3.05, 3.63) is 59.1 Å². The number of para-hydroxylation sites is 2. The highest BCUT2D eigenvalue weighted by atomic mass is 32.1. The predicted octanol–water partition coefficient (Wildman–Crippen LogP) is 3.66. The Labute approximate surface area is 144 Å². The largest absolute Gasteiger partial charge is 0.369 e. The Kier molecular flexibility index (Phi) is 3.73. The lowest BCUT2D eigenvalue weighted by Crippen LogP contribution is -2.41. The van der Waals surface area contributed by atoms with Gasteiger partial charge in [0.25, 0.3) is 0 Å². The minimum Gasteiger partial charge on any atom is -0.369 e. The SMILES string of the molecule is C[C@@H]1C[C@@H](C(N)=O)c2ccccc2N1Cc1nc2ccccc2s1. The fourth-order valence-electron chi connectivity index (χ4n) is 3.52. The van der Waals surface area contributed by atoms with Crippen molar-refractivity contribution in [2.75, 3.05) is 4.90 Å². The summed E-state index contributed by atoms with van der Waals surface area (Å²) >= 11 is 1.73. The van der Waals surface area contributed by atoms with Gasteiger partial charge in [-0.15, -0.1) is 11.3 Å². The van der Waals surface area contributed by atoms with Crippen molar-refractivity contribution < 1.29 is 4.79 Å². The van der Waals surface area contributed by atoms with Crippen LogP contribution < -0.4 is 10.6 Å². The van der Waals surface area contributed by atoms with Crippen molar-refractivity contribution in [3.63, 3.8) is 0 Å². The summed E-state index contributed by atoms with van der Waals surface area (Å²) in [5, 5.41) is 1.09. The number of nitrogens with two attached hydrogens (primary N) is 1. The summed E-state index contributed by atoms with van der Waals surface area (Å²) in [6.07, 6.45) is 0.747. The molecule has 0 bridgehead atoms. The minimum atomic E-state index is -0.242. The van der Waals surface area contributed by atoms with E-state index >= 15 is 0 Å². The lowest BCUT2D eigenvalue weighted by molar-refractivity contribution is -0.119. The van der Waals surface area contributed by atoms with Gasteiger partial charge < -0.3 is 10.6 Å². The number of carbonyl (C=O) groups is 1. The van der Waals surface area contributed by atoms with Crippen LogP contribution in [0.3, 0.4) is 0 Å². The van der Waals surface area contributed by atoms with Crippen LogP contribution in [-0.4, -0.2) is 16.9 Å². The molecular weight excluding hydrogens is 318 g/mol. The summed E-state index contributed by atoms with van der Waals surface area (Å²) in [5.74, 6) is -0.447. The molecule has 1 aliphatic heterocycles. The molecule has 0 radical (unpaired) electrons. The first kappa shape index (κ1) is 15.1. The highest BCUT2D eigenvalue weighted by molar-refractivity contribution is 7.18. The maximum atomic E-state index is 11.8. The van der Waals surface area contributed by atoms with Crippen molar-refractivity contribution in [1.29, 1.82) is 0 Å². The second-order valence-corrected chi connectivity index (χ2v) is 7.42. The standard InChI is InChI=1S/C19H19N3OS/c1-12-10-14(19(20)23)13-6-2-4-8-16(13)22(12)11-18-21-15-7-3-5-9-17(15)24-18/h2-9,12,14H,10-11H2,1H3,(H2,20,23)/t12-,14-/m1/s1. The molecule has 0 saturated heterocycles. The first-order valence-electron chi connectivity index (χ1n) is 8.13. The number of rotatable bonds is 3. The first-order chi connectivity index (χ1) is 11.6. The lowest BCUT2D eigenvalue weighted by Gasteiger charge is -2.39. The van der Waals surface area contributed by atoms with E-state index < -0.39 is 0 Å². The number of benzene rings is 2. The topological polar surface area (TPSA) is 59.2 Å². The van der Waals surface area contributed by atoms with Crippen LogP contribution in [0.5, 0.6) is 0 Å². The molecule has 122 valence electrons. The Morgan fingerprint density at radius 3 is 2.79 bits per heavy atom. The first-order valence-corrected chi connectivity index (χ1v) is 8.94. The van der Waals surface area contributed by atoms with Gasteiger partial charge in [0, 0.05) is 11.7 Å². The smallest absolute Gasteiger partial charge is 0.225 e. The molecule has 2 aromatic carbocycles. The fourth-order valence-corrected chi connectivity index (χ4v) is 4.49. The molecule has 2 heterocycles. The number of aromatic nitrogens is 1. The monoisotopic (exact) mass is 337 g/mol. The Hall–Kier alpha value is -2.40. The van der Waals surface area contributed by atoms with Gasteiger partial charge in [-0.1, -0.05) is 30.3 Å². The number of amides is 1. The van der Waals surface area contributed by atoms with E-state index in [-0.39, 0.29) is 17.9 Å². The summed E-state index contributed by atoms with van der Waals surface area (Å²) in [5.41, 5.74) is 8.80. The van der Waals surface area contributed by atoms with Gasteiger partial charge in [-0.3, -0.25) is 4.79 Å². The number of fused-ring (bicyclic) bond motifs is 2. The van der Waals surface area contributed by atoms with Crippen LogP contribution in [0.25, 0.3) is 10.2 Å². The Bertz CT molecular complexity index is 871. The van der Waals surface area contributed by atoms with Crippen molar-refractivity contribution in [2.24, 2.45) is 5.73 Å². The van der Waals surface area contributed by atoms with Gasteiger partial charge in [-0.05, 0) is 37.1 Å². The molecule has 2 atom stereocenters. The van der Waals surface area contributed by atoms with E-state index in [1.54, 1.807) is 11.3 Å². The highest BCUT2D eigenvalue weighted by Gasteiger charge is 2.33. The third-order valence-electron chi connectivity index (χ3n) is 4.72. The van der Waals surface area contributed by atoms with Crippen LogP contribution in [0.1, 0.15) is 29.8 Å². The van der Waals surface area contributed by atoms with Gasteiger partial charge in [0.15, 0.2) is 0 Å². The normalized spacial score (nSPS) is 20.1. The van der Waals surface area contributed by atoms with Crippen LogP contribution in [-0.2, 0) is 11.3 Å². The molecular formula is C19H19N3OS. The summed E-state index contributed by atoms with van der Waals surface area (Å²) in [6, 6.07) is 16.5. The molecule has 0 aliphatic carbocycles. The second-order valence-electron chi connectivity index (χ2n) is 6.30. The number of hydrogen-bond donors (Lipinski definition) is 1. The Morgan fingerprint density at radius 1 is 1.25 bits per heavy atom. The van der Waals surface area contributed by atoms with Gasteiger partial charge in [-0.25, -0.2) is 4.98 Å². The van der Waals surface area contributed by atoms with E-state index in [0.717, 1.165) is 34.7 Å². The van der Waals surface area contributed by atoms with Crippen LogP contribution in [0.4, 0.5) is 5.69 Å². The number of carbonyl (C=O) groups excluding carboxylic acids is 1. The van der Waals surface area contributed by atoms with E-state index in [9.17, 15) is 4.79 Å². The van der Waals surface area contributed by atoms with Crippen molar-refractivity contribution in [3.8, 4) is 0 Å². The maximum Gasteiger partial charge on any atom is 0.225 e. The highest BCUT2D eigenvalue weighted by Crippen LogP contribution is 2.39. The third kappa shape index (κ3) is 2.55. The molecule has 1 aliphatic rings. The van der Waals surface area contributed by atoms with Crippen molar-refractivity contribution in [2.45, 2.75) is 31.8 Å². The fraction of sp³-hybridized carbons (Fsp3) is 0.263. The summed E-state index contributed by atoms with van der Waals surface area (Å²) in [7, 11) is 0. The molecule has 3 aromatic rings. The summed E-state index contributed by atoms with van der Waals surface area (Å²) in [6.45, 7) is 2.90. The average molecular weight is 337 g/mol. The Balaban J connectivity index is 1.71. The van der Waals surface area contributed by atoms with Gasteiger partial charge in [0.1, 0.15) is 5.01 Å². The molecule has 0 spiro atoms. The van der Waals surface area contributed by atoms with E-state index in [4.69, 9.17) is 10.7 Å². The molecule has 1 aromatic heterocycles. The third-order valence-corrected chi connectivity index (χ3v) is 5.74. The average Bonchev–Trinajstić information content (AvgIpc) is 2.99. The zero-order valence-electron chi connectivity index (χ0n) is 13.5. The van der Waals surface area contributed by atoms with Crippen LogP contribution in [0.15, 0.2) is 48.5 Å². The molecule has 4 nitrogen and oxygen atoms in total. The van der Waals surface area contributed by atoms with Gasteiger partial charge in [0.05, 0.1) is 22.7 Å². The molecule has 0 fully saturated rings. The van der Waals surface area contributed by atoms with Gasteiger partial charge in [0.2, 0.25) is 5.91 Å².